The van der Waals surface area contributed by atoms with Gasteiger partial charge in [-0.05, 0) is 38.2 Å². The Morgan fingerprint density at radius 3 is 2.85 bits per heavy atom. The number of hydrogen-bond donors (Lipinski definition) is 2. The molecule has 0 unspecified atom stereocenters. The largest absolute Gasteiger partial charge is 0.363 e. The monoisotopic (exact) mass is 290 g/mol. The minimum atomic E-state index is -0.115. The second-order valence-corrected chi connectivity index (χ2v) is 4.77. The molecule has 0 saturated heterocycles. The van der Waals surface area contributed by atoms with Crippen LogP contribution in [-0.4, -0.2) is 33.1 Å². The zero-order valence-corrected chi connectivity index (χ0v) is 12.5. The molecule has 2 rings (SSSR count). The predicted molar refractivity (Wildman–Crippen MR) is 84.7 cm³/mol. The molecule has 0 spiro atoms. The minimum absolute atomic E-state index is 0.115. The summed E-state index contributed by atoms with van der Waals surface area (Å²) in [7, 11) is 0. The van der Waals surface area contributed by atoms with Crippen molar-refractivity contribution in [3.8, 4) is 0 Å². The summed E-state index contributed by atoms with van der Waals surface area (Å²) in [6.07, 6.45) is 0. The third-order valence-electron chi connectivity index (χ3n) is 3.00. The predicted octanol–water partition coefficient (Wildman–Crippen LogP) is 1.64. The van der Waals surface area contributed by atoms with Gasteiger partial charge < -0.3 is 15.2 Å². The maximum atomic E-state index is 12.0. The molecule has 0 radical (unpaired) electrons. The van der Waals surface area contributed by atoms with E-state index in [1.807, 2.05) is 36.9 Å². The first kappa shape index (κ1) is 14.5. The highest BCUT2D eigenvalue weighted by Gasteiger charge is 2.10. The summed E-state index contributed by atoms with van der Waals surface area (Å²) in [5.41, 5.74) is 0.590. The molecular weight excluding hydrogens is 272 g/mol. The van der Waals surface area contributed by atoms with Crippen molar-refractivity contribution < 1.29 is 0 Å². The van der Waals surface area contributed by atoms with Gasteiger partial charge in [-0.2, -0.15) is 0 Å². The Kier molecular flexibility index (Phi) is 4.68. The standard InChI is InChI=1S/C14H18N4OS/c1-3-15-14(20)18(4-2)9-12-16-11-8-6-5-7-10(11)13(19)17-12/h5-8H,3-4,9H2,1-2H3,(H,15,20)(H,16,17,19). The zero-order chi connectivity index (χ0) is 14.5. The molecule has 2 aromatic rings. The Bertz CT molecular complexity index is 668. The van der Waals surface area contributed by atoms with Gasteiger partial charge in [-0.15, -0.1) is 0 Å². The normalized spacial score (nSPS) is 10.5. The summed E-state index contributed by atoms with van der Waals surface area (Å²) >= 11 is 5.30. The molecule has 0 aliphatic rings. The van der Waals surface area contributed by atoms with Crippen LogP contribution in [-0.2, 0) is 6.54 Å². The number of nitrogens with one attached hydrogen (secondary N) is 2. The van der Waals surface area contributed by atoms with Crippen molar-refractivity contribution in [2.75, 3.05) is 13.1 Å². The molecule has 5 nitrogen and oxygen atoms in total. The summed E-state index contributed by atoms with van der Waals surface area (Å²) in [4.78, 5) is 21.3. The fourth-order valence-corrected chi connectivity index (χ4v) is 2.32. The lowest BCUT2D eigenvalue weighted by molar-refractivity contribution is 0.416. The highest BCUT2D eigenvalue weighted by molar-refractivity contribution is 7.80. The molecular formula is C14H18N4OS. The second kappa shape index (κ2) is 6.47. The van der Waals surface area contributed by atoms with Crippen molar-refractivity contribution >= 4 is 28.2 Å². The van der Waals surface area contributed by atoms with Gasteiger partial charge in [0.15, 0.2) is 5.11 Å². The Labute approximate surface area is 123 Å². The summed E-state index contributed by atoms with van der Waals surface area (Å²) < 4.78 is 0. The van der Waals surface area contributed by atoms with E-state index in [1.165, 1.54) is 0 Å². The van der Waals surface area contributed by atoms with Gasteiger partial charge in [0.05, 0.1) is 17.4 Å². The van der Waals surface area contributed by atoms with Crippen molar-refractivity contribution in [3.05, 3.63) is 40.4 Å². The fourth-order valence-electron chi connectivity index (χ4n) is 1.98. The summed E-state index contributed by atoms with van der Waals surface area (Å²) in [6, 6.07) is 7.32. The highest BCUT2D eigenvalue weighted by atomic mass is 32.1. The zero-order valence-electron chi connectivity index (χ0n) is 11.6. The van der Waals surface area contributed by atoms with E-state index in [4.69, 9.17) is 12.2 Å². The van der Waals surface area contributed by atoms with Gasteiger partial charge in [0.1, 0.15) is 5.82 Å². The average Bonchev–Trinajstić information content (AvgIpc) is 2.45. The lowest BCUT2D eigenvalue weighted by Gasteiger charge is -2.23. The molecule has 0 aliphatic heterocycles. The van der Waals surface area contributed by atoms with E-state index >= 15 is 0 Å². The number of fused-ring (bicyclic) bond motifs is 1. The van der Waals surface area contributed by atoms with Crippen LogP contribution in [0.25, 0.3) is 10.9 Å². The van der Waals surface area contributed by atoms with E-state index < -0.39 is 0 Å². The maximum absolute atomic E-state index is 12.0. The van der Waals surface area contributed by atoms with Crippen LogP contribution < -0.4 is 10.9 Å². The van der Waals surface area contributed by atoms with Gasteiger partial charge in [0.2, 0.25) is 0 Å². The molecule has 1 aromatic heterocycles. The molecule has 2 N–H and O–H groups in total. The second-order valence-electron chi connectivity index (χ2n) is 4.38. The van der Waals surface area contributed by atoms with E-state index in [2.05, 4.69) is 15.3 Å². The van der Waals surface area contributed by atoms with Crippen LogP contribution >= 0.6 is 12.2 Å². The van der Waals surface area contributed by atoms with Gasteiger partial charge in [0.25, 0.3) is 5.56 Å². The van der Waals surface area contributed by atoms with Gasteiger partial charge in [-0.1, -0.05) is 12.1 Å². The molecule has 1 aromatic carbocycles. The number of hydrogen-bond acceptors (Lipinski definition) is 3. The van der Waals surface area contributed by atoms with Crippen LogP contribution in [0.1, 0.15) is 19.7 Å². The average molecular weight is 290 g/mol. The van der Waals surface area contributed by atoms with Crippen molar-refractivity contribution in [1.82, 2.24) is 20.2 Å². The summed E-state index contributed by atoms with van der Waals surface area (Å²) in [6.45, 7) is 6.03. The van der Waals surface area contributed by atoms with Crippen molar-refractivity contribution in [3.63, 3.8) is 0 Å². The number of thiocarbonyl (C=S) groups is 1. The van der Waals surface area contributed by atoms with Crippen LogP contribution in [0, 0.1) is 0 Å². The van der Waals surface area contributed by atoms with Gasteiger partial charge in [0, 0.05) is 13.1 Å². The number of H-pyrrole nitrogens is 1. The lowest BCUT2D eigenvalue weighted by atomic mass is 10.2. The number of para-hydroxylation sites is 1. The van der Waals surface area contributed by atoms with E-state index in [0.29, 0.717) is 28.4 Å². The molecule has 20 heavy (non-hydrogen) atoms. The van der Waals surface area contributed by atoms with E-state index in [1.54, 1.807) is 6.07 Å². The third-order valence-corrected chi connectivity index (χ3v) is 3.40. The fraction of sp³-hybridized carbons (Fsp3) is 0.357. The topological polar surface area (TPSA) is 61.0 Å². The molecule has 0 bridgehead atoms. The van der Waals surface area contributed by atoms with Crippen LogP contribution in [0.2, 0.25) is 0 Å². The van der Waals surface area contributed by atoms with Crippen LogP contribution in [0.3, 0.4) is 0 Å². The molecule has 0 fully saturated rings. The smallest absolute Gasteiger partial charge is 0.258 e. The van der Waals surface area contributed by atoms with Crippen LogP contribution in [0.5, 0.6) is 0 Å². The molecule has 106 valence electrons. The van der Waals surface area contributed by atoms with Gasteiger partial charge in [-0.25, -0.2) is 4.98 Å². The number of nitrogens with zero attached hydrogens (tertiary/aromatic N) is 2. The van der Waals surface area contributed by atoms with Crippen LogP contribution in [0.15, 0.2) is 29.1 Å². The number of rotatable bonds is 4. The molecule has 0 atom stereocenters. The first-order chi connectivity index (χ1) is 9.65. The van der Waals surface area contributed by atoms with E-state index in [0.717, 1.165) is 13.1 Å². The first-order valence-electron chi connectivity index (χ1n) is 6.66. The van der Waals surface area contributed by atoms with E-state index in [-0.39, 0.29) is 5.56 Å². The Hall–Kier alpha value is -1.95. The SMILES string of the molecule is CCNC(=S)N(CC)Cc1nc2ccccc2c(=O)[nH]1. The maximum Gasteiger partial charge on any atom is 0.258 e. The van der Waals surface area contributed by atoms with E-state index in [9.17, 15) is 4.79 Å². The highest BCUT2D eigenvalue weighted by Crippen LogP contribution is 2.07. The molecule has 1 heterocycles. The molecule has 6 heteroatoms. The summed E-state index contributed by atoms with van der Waals surface area (Å²) in [5, 5.41) is 4.38. The third kappa shape index (κ3) is 3.14. The number of aromatic amines is 1. The summed E-state index contributed by atoms with van der Waals surface area (Å²) in [5.74, 6) is 0.621. The minimum Gasteiger partial charge on any atom is -0.363 e. The van der Waals surface area contributed by atoms with Crippen molar-refractivity contribution in [2.24, 2.45) is 0 Å². The Morgan fingerprint density at radius 1 is 1.40 bits per heavy atom. The first-order valence-corrected chi connectivity index (χ1v) is 7.07. The quantitative estimate of drug-likeness (QED) is 0.838. The van der Waals surface area contributed by atoms with Crippen molar-refractivity contribution in [2.45, 2.75) is 20.4 Å². The Morgan fingerprint density at radius 2 is 2.15 bits per heavy atom. The van der Waals surface area contributed by atoms with Crippen LogP contribution in [0.4, 0.5) is 0 Å². The Balaban J connectivity index is 2.29. The molecule has 0 aliphatic carbocycles. The van der Waals surface area contributed by atoms with Gasteiger partial charge in [-0.3, -0.25) is 4.79 Å². The molecule has 0 saturated carbocycles. The van der Waals surface area contributed by atoms with Crippen molar-refractivity contribution in [1.29, 1.82) is 0 Å². The number of aromatic nitrogens is 2. The molecule has 0 amide bonds. The van der Waals surface area contributed by atoms with Gasteiger partial charge >= 0.3 is 0 Å². The lowest BCUT2D eigenvalue weighted by Crippen LogP contribution is -2.39. The number of benzene rings is 1.